The van der Waals surface area contributed by atoms with E-state index in [1.807, 2.05) is 30.3 Å². The van der Waals surface area contributed by atoms with E-state index in [4.69, 9.17) is 9.47 Å². The average Bonchev–Trinajstić information content (AvgIpc) is 2.38. The lowest BCUT2D eigenvalue weighted by Crippen LogP contribution is -2.25. The van der Waals surface area contributed by atoms with Crippen molar-refractivity contribution in [2.24, 2.45) is 0 Å². The summed E-state index contributed by atoms with van der Waals surface area (Å²) in [6.45, 7) is 5.30. The Morgan fingerprint density at radius 2 is 2.00 bits per heavy atom. The fourth-order valence-electron chi connectivity index (χ4n) is 1.16. The number of hydrogen-bond acceptors (Lipinski definition) is 3. The van der Waals surface area contributed by atoms with Gasteiger partial charge in [-0.05, 0) is 18.2 Å². The minimum atomic E-state index is -0.186. The smallest absolute Gasteiger partial charge is 0.243 e. The summed E-state index contributed by atoms with van der Waals surface area (Å²) in [4.78, 5) is 10.8. The quantitative estimate of drug-likeness (QED) is 0.547. The summed E-state index contributed by atoms with van der Waals surface area (Å²) in [6, 6.07) is 9.56. The standard InChI is InChI=1S/C13H17NO3/c1-2-13(15)14-8-9-16-10-11-17-12-6-4-3-5-7-12/h2-7H,1,8-11H2,(H,14,15). The molecule has 0 aliphatic carbocycles. The molecule has 0 fully saturated rings. The Balaban J connectivity index is 1.95. The highest BCUT2D eigenvalue weighted by molar-refractivity contribution is 5.86. The zero-order valence-corrected chi connectivity index (χ0v) is 9.72. The first-order valence-electron chi connectivity index (χ1n) is 5.49. The third-order valence-corrected chi connectivity index (χ3v) is 1.97. The molecule has 1 amide bonds. The van der Waals surface area contributed by atoms with E-state index in [2.05, 4.69) is 11.9 Å². The summed E-state index contributed by atoms with van der Waals surface area (Å²) in [5.74, 6) is 0.644. The number of nitrogens with one attached hydrogen (secondary N) is 1. The predicted molar refractivity (Wildman–Crippen MR) is 66.0 cm³/mol. The average molecular weight is 235 g/mol. The van der Waals surface area contributed by atoms with E-state index in [0.717, 1.165) is 5.75 Å². The first kappa shape index (κ1) is 13.3. The summed E-state index contributed by atoms with van der Waals surface area (Å²) in [6.07, 6.45) is 1.23. The van der Waals surface area contributed by atoms with Crippen LogP contribution in [0.2, 0.25) is 0 Å². The van der Waals surface area contributed by atoms with Crippen LogP contribution in [-0.2, 0) is 9.53 Å². The lowest BCUT2D eigenvalue weighted by atomic mass is 10.3. The summed E-state index contributed by atoms with van der Waals surface area (Å²) in [5, 5.41) is 2.62. The monoisotopic (exact) mass is 235 g/mol. The number of rotatable bonds is 8. The van der Waals surface area contributed by atoms with Crippen LogP contribution in [-0.4, -0.2) is 32.3 Å². The van der Waals surface area contributed by atoms with Gasteiger partial charge in [0.25, 0.3) is 0 Å². The molecule has 0 aromatic heterocycles. The van der Waals surface area contributed by atoms with Crippen molar-refractivity contribution in [3.05, 3.63) is 43.0 Å². The summed E-state index contributed by atoms with van der Waals surface area (Å²) < 4.78 is 10.7. The van der Waals surface area contributed by atoms with Gasteiger partial charge in [0.1, 0.15) is 12.4 Å². The molecule has 0 heterocycles. The Morgan fingerprint density at radius 1 is 1.24 bits per heavy atom. The van der Waals surface area contributed by atoms with E-state index < -0.39 is 0 Å². The molecule has 1 aromatic carbocycles. The molecule has 0 saturated heterocycles. The number of carbonyl (C=O) groups excluding carboxylic acids is 1. The largest absolute Gasteiger partial charge is 0.491 e. The van der Waals surface area contributed by atoms with Gasteiger partial charge in [0, 0.05) is 6.54 Å². The maximum absolute atomic E-state index is 10.8. The van der Waals surface area contributed by atoms with Gasteiger partial charge in [-0.3, -0.25) is 4.79 Å². The Hall–Kier alpha value is -1.81. The molecule has 92 valence electrons. The Morgan fingerprint density at radius 3 is 2.71 bits per heavy atom. The number of benzene rings is 1. The van der Waals surface area contributed by atoms with Crippen LogP contribution in [0.5, 0.6) is 5.75 Å². The van der Waals surface area contributed by atoms with E-state index in [-0.39, 0.29) is 5.91 Å². The SMILES string of the molecule is C=CC(=O)NCCOCCOc1ccccc1. The first-order chi connectivity index (χ1) is 8.33. The number of para-hydroxylation sites is 1. The van der Waals surface area contributed by atoms with E-state index >= 15 is 0 Å². The second-order valence-corrected chi connectivity index (χ2v) is 3.27. The number of ether oxygens (including phenoxy) is 2. The Labute approximate surface area is 101 Å². The molecule has 0 atom stereocenters. The van der Waals surface area contributed by atoms with Crippen molar-refractivity contribution in [2.75, 3.05) is 26.4 Å². The van der Waals surface area contributed by atoms with Crippen LogP contribution >= 0.6 is 0 Å². The van der Waals surface area contributed by atoms with Gasteiger partial charge < -0.3 is 14.8 Å². The molecule has 1 aromatic rings. The van der Waals surface area contributed by atoms with Crippen molar-refractivity contribution in [3.63, 3.8) is 0 Å². The number of hydrogen-bond donors (Lipinski definition) is 1. The van der Waals surface area contributed by atoms with Crippen LogP contribution in [0.3, 0.4) is 0 Å². The Kier molecular flexibility index (Phi) is 6.51. The second-order valence-electron chi connectivity index (χ2n) is 3.27. The van der Waals surface area contributed by atoms with Crippen molar-refractivity contribution >= 4 is 5.91 Å². The van der Waals surface area contributed by atoms with E-state index in [1.165, 1.54) is 6.08 Å². The molecule has 4 heteroatoms. The minimum Gasteiger partial charge on any atom is -0.491 e. The molecule has 17 heavy (non-hydrogen) atoms. The van der Waals surface area contributed by atoms with Crippen LogP contribution in [0.25, 0.3) is 0 Å². The molecular formula is C13H17NO3. The summed E-state index contributed by atoms with van der Waals surface area (Å²) >= 11 is 0. The molecule has 1 rings (SSSR count). The molecule has 0 aliphatic rings. The zero-order chi connectivity index (χ0) is 12.3. The van der Waals surface area contributed by atoms with Crippen LogP contribution < -0.4 is 10.1 Å². The van der Waals surface area contributed by atoms with Gasteiger partial charge in [-0.1, -0.05) is 24.8 Å². The van der Waals surface area contributed by atoms with Crippen molar-refractivity contribution in [2.45, 2.75) is 0 Å². The van der Waals surface area contributed by atoms with Crippen LogP contribution in [0.1, 0.15) is 0 Å². The minimum absolute atomic E-state index is 0.186. The fourth-order valence-corrected chi connectivity index (χ4v) is 1.16. The highest BCUT2D eigenvalue weighted by Crippen LogP contribution is 2.07. The molecule has 0 spiro atoms. The predicted octanol–water partition coefficient (Wildman–Crippen LogP) is 1.38. The van der Waals surface area contributed by atoms with E-state index in [1.54, 1.807) is 0 Å². The topological polar surface area (TPSA) is 47.6 Å². The molecular weight excluding hydrogens is 218 g/mol. The maximum atomic E-state index is 10.8. The van der Waals surface area contributed by atoms with E-state index in [0.29, 0.717) is 26.4 Å². The molecule has 4 nitrogen and oxygen atoms in total. The maximum Gasteiger partial charge on any atom is 0.243 e. The van der Waals surface area contributed by atoms with Crippen LogP contribution in [0.4, 0.5) is 0 Å². The zero-order valence-electron chi connectivity index (χ0n) is 9.72. The van der Waals surface area contributed by atoms with Gasteiger partial charge in [0.05, 0.1) is 13.2 Å². The first-order valence-corrected chi connectivity index (χ1v) is 5.49. The van der Waals surface area contributed by atoms with Crippen molar-refractivity contribution in [1.82, 2.24) is 5.32 Å². The van der Waals surface area contributed by atoms with Gasteiger partial charge in [-0.25, -0.2) is 0 Å². The van der Waals surface area contributed by atoms with Gasteiger partial charge in [-0.2, -0.15) is 0 Å². The highest BCUT2D eigenvalue weighted by Gasteiger charge is 1.94. The summed E-state index contributed by atoms with van der Waals surface area (Å²) in [5.41, 5.74) is 0. The third kappa shape index (κ3) is 6.37. The third-order valence-electron chi connectivity index (χ3n) is 1.97. The van der Waals surface area contributed by atoms with Crippen LogP contribution in [0.15, 0.2) is 43.0 Å². The lowest BCUT2D eigenvalue weighted by molar-refractivity contribution is -0.116. The molecule has 0 aliphatic heterocycles. The molecule has 0 saturated carbocycles. The van der Waals surface area contributed by atoms with Crippen LogP contribution in [0, 0.1) is 0 Å². The normalized spacial score (nSPS) is 9.65. The molecule has 0 bridgehead atoms. The van der Waals surface area contributed by atoms with Gasteiger partial charge >= 0.3 is 0 Å². The number of amides is 1. The lowest BCUT2D eigenvalue weighted by Gasteiger charge is -2.07. The van der Waals surface area contributed by atoms with Gasteiger partial charge in [0.15, 0.2) is 0 Å². The van der Waals surface area contributed by atoms with Gasteiger partial charge in [0.2, 0.25) is 5.91 Å². The van der Waals surface area contributed by atoms with Crippen molar-refractivity contribution in [1.29, 1.82) is 0 Å². The molecule has 0 unspecified atom stereocenters. The fraction of sp³-hybridized carbons (Fsp3) is 0.308. The highest BCUT2D eigenvalue weighted by atomic mass is 16.5. The van der Waals surface area contributed by atoms with E-state index in [9.17, 15) is 4.79 Å². The number of carbonyl (C=O) groups is 1. The summed E-state index contributed by atoms with van der Waals surface area (Å²) in [7, 11) is 0. The Bertz CT molecular complexity index is 338. The van der Waals surface area contributed by atoms with Crippen molar-refractivity contribution in [3.8, 4) is 5.75 Å². The van der Waals surface area contributed by atoms with Crippen molar-refractivity contribution < 1.29 is 14.3 Å². The molecule has 1 N–H and O–H groups in total. The van der Waals surface area contributed by atoms with Gasteiger partial charge in [-0.15, -0.1) is 0 Å². The second kappa shape index (κ2) is 8.35. The molecule has 0 radical (unpaired) electrons.